The number of aromatic nitrogens is 1. The van der Waals surface area contributed by atoms with E-state index < -0.39 is 0 Å². The van der Waals surface area contributed by atoms with Crippen LogP contribution in [0.1, 0.15) is 31.2 Å². The fraction of sp³-hybridized carbons (Fsp3) is 0.400. The molecule has 5 nitrogen and oxygen atoms in total. The van der Waals surface area contributed by atoms with E-state index in [2.05, 4.69) is 10.3 Å². The van der Waals surface area contributed by atoms with Crippen LogP contribution in [0.4, 0.5) is 0 Å². The van der Waals surface area contributed by atoms with Crippen LogP contribution in [0.25, 0.3) is 0 Å². The molecule has 0 atom stereocenters. The molecular formula is C20H24N2O3. The number of nitrogens with zero attached hydrogens (tertiary/aromatic N) is 1. The predicted molar refractivity (Wildman–Crippen MR) is 95.7 cm³/mol. The number of para-hydroxylation sites is 1. The summed E-state index contributed by atoms with van der Waals surface area (Å²) in [7, 11) is 0. The number of ether oxygens (including phenoxy) is 2. The lowest BCUT2D eigenvalue weighted by Crippen LogP contribution is -2.41. The summed E-state index contributed by atoms with van der Waals surface area (Å²) in [4.78, 5) is 16.3. The number of hydrogen-bond donors (Lipinski definition) is 1. The molecule has 5 heteroatoms. The van der Waals surface area contributed by atoms with E-state index in [0.717, 1.165) is 37.0 Å². The van der Waals surface area contributed by atoms with Gasteiger partial charge in [-0.25, -0.2) is 4.98 Å². The Hall–Kier alpha value is -2.56. The highest BCUT2D eigenvalue weighted by atomic mass is 16.5. The highest BCUT2D eigenvalue weighted by Gasteiger charge is 2.24. The molecule has 1 fully saturated rings. The second-order valence-corrected chi connectivity index (χ2v) is 6.38. The molecule has 1 amide bonds. The van der Waals surface area contributed by atoms with Crippen molar-refractivity contribution in [2.24, 2.45) is 0 Å². The average Bonchev–Trinajstić information content (AvgIpc) is 2.64. The number of amides is 1. The van der Waals surface area contributed by atoms with E-state index >= 15 is 0 Å². The lowest BCUT2D eigenvalue weighted by molar-refractivity contribution is -0.124. The number of carbonyl (C=O) groups excluding carboxylic acids is 1. The summed E-state index contributed by atoms with van der Waals surface area (Å²) in [5, 5.41) is 3.06. The molecule has 1 aliphatic rings. The molecule has 3 rings (SSSR count). The maximum absolute atomic E-state index is 12.1. The molecule has 1 N–H and O–H groups in total. The first-order valence-corrected chi connectivity index (χ1v) is 8.76. The molecule has 0 radical (unpaired) electrons. The number of pyridine rings is 1. The van der Waals surface area contributed by atoms with Gasteiger partial charge in [-0.15, -0.1) is 0 Å². The highest BCUT2D eigenvalue weighted by Crippen LogP contribution is 2.23. The number of benzene rings is 1. The number of aryl methyl sites for hydroxylation is 1. The first-order valence-electron chi connectivity index (χ1n) is 8.76. The van der Waals surface area contributed by atoms with Crippen molar-refractivity contribution in [1.82, 2.24) is 10.3 Å². The smallest absolute Gasteiger partial charge is 0.258 e. The van der Waals surface area contributed by atoms with Gasteiger partial charge in [0.05, 0.1) is 0 Å². The third kappa shape index (κ3) is 5.21. The largest absolute Gasteiger partial charge is 0.484 e. The molecule has 2 aromatic rings. The Bertz CT molecular complexity index is 682. The predicted octanol–water partition coefficient (Wildman–Crippen LogP) is 3.28. The van der Waals surface area contributed by atoms with Crippen molar-refractivity contribution in [1.29, 1.82) is 0 Å². The average molecular weight is 340 g/mol. The fourth-order valence-electron chi connectivity index (χ4n) is 3.04. The maximum Gasteiger partial charge on any atom is 0.258 e. The quantitative estimate of drug-likeness (QED) is 0.877. The van der Waals surface area contributed by atoms with Crippen LogP contribution in [0.15, 0.2) is 48.7 Å². The number of hydrogen-bond acceptors (Lipinski definition) is 4. The van der Waals surface area contributed by atoms with Crippen LogP contribution in [0, 0.1) is 6.92 Å². The van der Waals surface area contributed by atoms with E-state index in [-0.39, 0.29) is 24.7 Å². The van der Waals surface area contributed by atoms with E-state index in [1.165, 1.54) is 0 Å². The molecule has 0 spiro atoms. The van der Waals surface area contributed by atoms with Crippen molar-refractivity contribution in [2.75, 3.05) is 6.61 Å². The van der Waals surface area contributed by atoms with Crippen molar-refractivity contribution < 1.29 is 14.3 Å². The normalized spacial score (nSPS) is 19.9. The summed E-state index contributed by atoms with van der Waals surface area (Å²) < 4.78 is 11.5. The Labute approximate surface area is 148 Å². The van der Waals surface area contributed by atoms with Crippen LogP contribution < -0.4 is 14.8 Å². The van der Waals surface area contributed by atoms with Crippen molar-refractivity contribution >= 4 is 5.91 Å². The maximum atomic E-state index is 12.1. The lowest BCUT2D eigenvalue weighted by Gasteiger charge is -2.29. The van der Waals surface area contributed by atoms with E-state index in [9.17, 15) is 4.79 Å². The molecule has 0 bridgehead atoms. The zero-order valence-electron chi connectivity index (χ0n) is 14.5. The number of rotatable bonds is 6. The Morgan fingerprint density at radius 3 is 2.60 bits per heavy atom. The van der Waals surface area contributed by atoms with Gasteiger partial charge in [0.1, 0.15) is 11.9 Å². The monoisotopic (exact) mass is 340 g/mol. The molecular weight excluding hydrogens is 316 g/mol. The molecule has 1 aliphatic carbocycles. The fourth-order valence-corrected chi connectivity index (χ4v) is 3.04. The number of nitrogens with one attached hydrogen (secondary N) is 1. The van der Waals surface area contributed by atoms with Gasteiger partial charge >= 0.3 is 0 Å². The van der Waals surface area contributed by atoms with Gasteiger partial charge < -0.3 is 14.8 Å². The van der Waals surface area contributed by atoms with E-state index in [1.54, 1.807) is 6.20 Å². The first kappa shape index (κ1) is 17.3. The van der Waals surface area contributed by atoms with Crippen LogP contribution in [0.5, 0.6) is 11.6 Å². The van der Waals surface area contributed by atoms with Gasteiger partial charge in [-0.05, 0) is 50.3 Å². The molecule has 1 aromatic heterocycles. The molecule has 132 valence electrons. The Morgan fingerprint density at radius 1 is 1.12 bits per heavy atom. The van der Waals surface area contributed by atoms with Crippen LogP contribution in [-0.2, 0) is 4.79 Å². The third-order valence-corrected chi connectivity index (χ3v) is 4.42. The first-order chi connectivity index (χ1) is 12.2. The van der Waals surface area contributed by atoms with E-state index in [1.807, 2.05) is 49.4 Å². The molecule has 25 heavy (non-hydrogen) atoms. The van der Waals surface area contributed by atoms with Crippen molar-refractivity contribution in [3.8, 4) is 11.6 Å². The van der Waals surface area contributed by atoms with Gasteiger partial charge in [-0.1, -0.05) is 24.3 Å². The zero-order valence-corrected chi connectivity index (χ0v) is 14.5. The Morgan fingerprint density at radius 2 is 1.88 bits per heavy atom. The summed E-state index contributed by atoms with van der Waals surface area (Å²) in [6, 6.07) is 13.6. The second kappa shape index (κ2) is 8.51. The van der Waals surface area contributed by atoms with Gasteiger partial charge in [0.2, 0.25) is 5.88 Å². The SMILES string of the molecule is Cc1ccccc1OCC(=O)NC1CCC(Oc2ccccn2)CC1. The number of carbonyl (C=O) groups is 1. The van der Waals surface area contributed by atoms with Crippen molar-refractivity contribution in [3.63, 3.8) is 0 Å². The summed E-state index contributed by atoms with van der Waals surface area (Å²) in [6.07, 6.45) is 5.56. The summed E-state index contributed by atoms with van der Waals surface area (Å²) in [6.45, 7) is 2.02. The minimum atomic E-state index is -0.0719. The van der Waals surface area contributed by atoms with Crippen LogP contribution >= 0.6 is 0 Å². The minimum absolute atomic E-state index is 0.0508. The Balaban J connectivity index is 1.38. The van der Waals surface area contributed by atoms with E-state index in [4.69, 9.17) is 9.47 Å². The summed E-state index contributed by atoms with van der Waals surface area (Å²) in [5.41, 5.74) is 1.03. The van der Waals surface area contributed by atoms with Gasteiger partial charge in [0.25, 0.3) is 5.91 Å². The summed E-state index contributed by atoms with van der Waals surface area (Å²) >= 11 is 0. The lowest BCUT2D eigenvalue weighted by atomic mass is 9.93. The van der Waals surface area contributed by atoms with Crippen LogP contribution in [-0.4, -0.2) is 29.6 Å². The molecule has 0 aliphatic heterocycles. The van der Waals surface area contributed by atoms with Crippen molar-refractivity contribution in [3.05, 3.63) is 54.2 Å². The molecule has 1 aromatic carbocycles. The molecule has 0 unspecified atom stereocenters. The van der Waals surface area contributed by atoms with Gasteiger partial charge in [-0.3, -0.25) is 4.79 Å². The topological polar surface area (TPSA) is 60.5 Å². The minimum Gasteiger partial charge on any atom is -0.484 e. The van der Waals surface area contributed by atoms with Gasteiger partial charge in [0, 0.05) is 18.3 Å². The molecule has 1 heterocycles. The highest BCUT2D eigenvalue weighted by molar-refractivity contribution is 5.77. The van der Waals surface area contributed by atoms with Crippen LogP contribution in [0.2, 0.25) is 0 Å². The van der Waals surface area contributed by atoms with Crippen LogP contribution in [0.3, 0.4) is 0 Å². The van der Waals surface area contributed by atoms with Crippen molar-refractivity contribution in [2.45, 2.75) is 44.8 Å². The second-order valence-electron chi connectivity index (χ2n) is 6.38. The van der Waals surface area contributed by atoms with Gasteiger partial charge in [0.15, 0.2) is 6.61 Å². The molecule has 1 saturated carbocycles. The van der Waals surface area contributed by atoms with Gasteiger partial charge in [-0.2, -0.15) is 0 Å². The summed E-state index contributed by atoms with van der Waals surface area (Å²) in [5.74, 6) is 1.35. The molecule has 0 saturated heterocycles. The zero-order chi connectivity index (χ0) is 17.5. The Kier molecular flexibility index (Phi) is 5.88. The third-order valence-electron chi connectivity index (χ3n) is 4.42. The standard InChI is InChI=1S/C20H24N2O3/c1-15-6-2-3-7-18(15)24-14-19(23)22-16-9-11-17(12-10-16)25-20-8-4-5-13-21-20/h2-8,13,16-17H,9-12,14H2,1H3,(H,22,23). The van der Waals surface area contributed by atoms with E-state index in [0.29, 0.717) is 5.88 Å².